The van der Waals surface area contributed by atoms with Crippen LogP contribution in [0.3, 0.4) is 0 Å². The lowest BCUT2D eigenvalue weighted by Crippen LogP contribution is -2.52. The van der Waals surface area contributed by atoms with Crippen LogP contribution in [-0.4, -0.2) is 24.8 Å². The van der Waals surface area contributed by atoms with Crippen molar-refractivity contribution >= 4 is 12.2 Å². The van der Waals surface area contributed by atoms with Crippen molar-refractivity contribution in [2.75, 3.05) is 6.54 Å². The van der Waals surface area contributed by atoms with Crippen molar-refractivity contribution in [3.63, 3.8) is 0 Å². The van der Waals surface area contributed by atoms with E-state index in [1.165, 1.54) is 12.1 Å². The van der Waals surface area contributed by atoms with E-state index in [1.54, 1.807) is 0 Å². The highest BCUT2D eigenvalue weighted by atomic mass is 19.1. The number of aldehydes is 1. The highest BCUT2D eigenvalue weighted by Gasteiger charge is 2.39. The number of benzene rings is 1. The number of nitrogens with one attached hydrogen (secondary N) is 1. The molecule has 2 saturated carbocycles. The van der Waals surface area contributed by atoms with Gasteiger partial charge in [0.1, 0.15) is 12.1 Å². The highest BCUT2D eigenvalue weighted by Crippen LogP contribution is 2.43. The van der Waals surface area contributed by atoms with E-state index in [4.69, 9.17) is 5.73 Å². The van der Waals surface area contributed by atoms with E-state index in [0.717, 1.165) is 56.8 Å². The first-order chi connectivity index (χ1) is 12.0. The summed E-state index contributed by atoms with van der Waals surface area (Å²) in [5.74, 6) is -0.0688. The van der Waals surface area contributed by atoms with Gasteiger partial charge in [-0.3, -0.25) is 4.79 Å². The fraction of sp³-hybridized carbons (Fsp3) is 0.600. The Hall–Kier alpha value is -1.75. The Kier molecular flexibility index (Phi) is 5.52. The first-order valence-corrected chi connectivity index (χ1v) is 9.29. The zero-order valence-electron chi connectivity index (χ0n) is 14.5. The zero-order chi connectivity index (χ0) is 17.9. The summed E-state index contributed by atoms with van der Waals surface area (Å²) in [6.45, 7) is 0.550. The molecule has 136 valence electrons. The summed E-state index contributed by atoms with van der Waals surface area (Å²) < 4.78 is 13.2. The van der Waals surface area contributed by atoms with Gasteiger partial charge < -0.3 is 15.8 Å². The Labute approximate surface area is 148 Å². The molecule has 25 heavy (non-hydrogen) atoms. The summed E-state index contributed by atoms with van der Waals surface area (Å²) in [5.41, 5.74) is 7.18. The number of nitrogens with two attached hydrogens (primary N) is 1. The second-order valence-corrected chi connectivity index (χ2v) is 7.70. The highest BCUT2D eigenvalue weighted by molar-refractivity contribution is 5.82. The summed E-state index contributed by atoms with van der Waals surface area (Å²) in [4.78, 5) is 23.3. The van der Waals surface area contributed by atoms with Crippen molar-refractivity contribution in [2.45, 2.75) is 56.4 Å². The lowest BCUT2D eigenvalue weighted by atomic mass is 9.64. The molecular weight excluding hydrogens is 319 g/mol. The summed E-state index contributed by atoms with van der Waals surface area (Å²) in [6, 6.07) is 6.09. The average molecular weight is 346 g/mol. The first-order valence-electron chi connectivity index (χ1n) is 9.29. The first kappa shape index (κ1) is 18.1. The van der Waals surface area contributed by atoms with Crippen molar-refractivity contribution < 1.29 is 14.0 Å². The Morgan fingerprint density at radius 3 is 2.40 bits per heavy atom. The van der Waals surface area contributed by atoms with Crippen molar-refractivity contribution in [3.8, 4) is 0 Å². The van der Waals surface area contributed by atoms with Crippen LogP contribution in [0.5, 0.6) is 0 Å². The van der Waals surface area contributed by atoms with Gasteiger partial charge in [0.25, 0.3) is 0 Å². The molecule has 0 heterocycles. The molecule has 1 aromatic carbocycles. The van der Waals surface area contributed by atoms with Gasteiger partial charge in [-0.25, -0.2) is 4.39 Å². The van der Waals surface area contributed by atoms with Crippen LogP contribution in [0.15, 0.2) is 24.3 Å². The van der Waals surface area contributed by atoms with E-state index in [1.807, 2.05) is 12.1 Å². The molecule has 0 spiro atoms. The molecule has 1 aromatic rings. The number of amides is 1. The lowest BCUT2D eigenvalue weighted by molar-refractivity contribution is -0.124. The topological polar surface area (TPSA) is 72.2 Å². The summed E-state index contributed by atoms with van der Waals surface area (Å²) >= 11 is 0. The minimum absolute atomic E-state index is 0.0851. The molecule has 3 N–H and O–H groups in total. The maximum Gasteiger partial charge on any atom is 0.237 e. The third kappa shape index (κ3) is 3.92. The minimum atomic E-state index is -0.516. The van der Waals surface area contributed by atoms with Gasteiger partial charge in [0.05, 0.1) is 6.04 Å². The van der Waals surface area contributed by atoms with Crippen LogP contribution in [0.1, 0.15) is 50.5 Å². The molecule has 0 saturated heterocycles. The van der Waals surface area contributed by atoms with Gasteiger partial charge in [-0.05, 0) is 62.1 Å². The van der Waals surface area contributed by atoms with Gasteiger partial charge in [0.2, 0.25) is 5.91 Å². The smallest absolute Gasteiger partial charge is 0.237 e. The van der Waals surface area contributed by atoms with Crippen LogP contribution in [0.4, 0.5) is 4.39 Å². The molecule has 0 radical (unpaired) electrons. The lowest BCUT2D eigenvalue weighted by Gasteiger charge is -2.43. The number of carbonyl (C=O) groups excluding carboxylic acids is 2. The Balaban J connectivity index is 1.55. The van der Waals surface area contributed by atoms with Crippen LogP contribution < -0.4 is 11.1 Å². The second kappa shape index (κ2) is 7.65. The quantitative estimate of drug-likeness (QED) is 0.778. The molecule has 1 amide bonds. The van der Waals surface area contributed by atoms with Crippen molar-refractivity contribution in [3.05, 3.63) is 35.6 Å². The maximum atomic E-state index is 13.2. The fourth-order valence-electron chi connectivity index (χ4n) is 4.20. The molecule has 2 fully saturated rings. The van der Waals surface area contributed by atoms with Gasteiger partial charge in [-0.15, -0.1) is 0 Å². The van der Waals surface area contributed by atoms with Gasteiger partial charge >= 0.3 is 0 Å². The fourth-order valence-corrected chi connectivity index (χ4v) is 4.20. The maximum absolute atomic E-state index is 13.2. The van der Waals surface area contributed by atoms with Gasteiger partial charge in [0.15, 0.2) is 0 Å². The molecule has 4 nitrogen and oxygen atoms in total. The van der Waals surface area contributed by atoms with E-state index in [2.05, 4.69) is 5.32 Å². The van der Waals surface area contributed by atoms with Crippen LogP contribution >= 0.6 is 0 Å². The number of hydrogen-bond donors (Lipinski definition) is 2. The monoisotopic (exact) mass is 346 g/mol. The van der Waals surface area contributed by atoms with E-state index in [0.29, 0.717) is 6.54 Å². The molecule has 5 heteroatoms. The second-order valence-electron chi connectivity index (χ2n) is 7.70. The van der Waals surface area contributed by atoms with E-state index in [9.17, 15) is 14.0 Å². The molecule has 0 bridgehead atoms. The standard InChI is InChI=1S/C20H27FN2O2/c21-17-8-6-16(7-9-17)20(10-1-11-20)13-23-19(25)18(22)15-4-2-14(12-24)3-5-15/h6-9,12,14-15,18H,1-5,10-11,13,22H2,(H,23,25). The van der Waals surface area contributed by atoms with E-state index >= 15 is 0 Å². The molecule has 2 aliphatic rings. The van der Waals surface area contributed by atoms with Crippen LogP contribution in [0.25, 0.3) is 0 Å². The van der Waals surface area contributed by atoms with Crippen LogP contribution in [0, 0.1) is 17.7 Å². The van der Waals surface area contributed by atoms with Crippen molar-refractivity contribution in [1.29, 1.82) is 0 Å². The number of carbonyl (C=O) groups is 2. The van der Waals surface area contributed by atoms with Gasteiger partial charge in [-0.2, -0.15) is 0 Å². The third-order valence-electron chi connectivity index (χ3n) is 6.19. The third-order valence-corrected chi connectivity index (χ3v) is 6.19. The summed E-state index contributed by atoms with van der Waals surface area (Å²) in [7, 11) is 0. The van der Waals surface area contributed by atoms with Crippen LogP contribution in [-0.2, 0) is 15.0 Å². The predicted molar refractivity (Wildman–Crippen MR) is 94.4 cm³/mol. The number of hydrogen-bond acceptors (Lipinski definition) is 3. The molecule has 3 rings (SSSR count). The van der Waals surface area contributed by atoms with Crippen LogP contribution in [0.2, 0.25) is 0 Å². The Bertz CT molecular complexity index is 605. The SMILES string of the molecule is NC(C(=O)NCC1(c2ccc(F)cc2)CCC1)C1CCC(C=O)CC1. The Morgan fingerprint density at radius 1 is 1.24 bits per heavy atom. The molecule has 0 aliphatic heterocycles. The summed E-state index contributed by atoms with van der Waals surface area (Å²) in [5, 5.41) is 3.03. The Morgan fingerprint density at radius 2 is 1.88 bits per heavy atom. The average Bonchev–Trinajstić information content (AvgIpc) is 2.61. The minimum Gasteiger partial charge on any atom is -0.354 e. The summed E-state index contributed by atoms with van der Waals surface area (Å²) in [6.07, 6.45) is 7.46. The van der Waals surface area contributed by atoms with Gasteiger partial charge in [-0.1, -0.05) is 18.6 Å². The predicted octanol–water partition coefficient (Wildman–Crippen LogP) is 2.70. The van der Waals surface area contributed by atoms with E-state index in [-0.39, 0.29) is 29.0 Å². The molecule has 1 unspecified atom stereocenters. The van der Waals surface area contributed by atoms with E-state index < -0.39 is 6.04 Å². The number of halogens is 1. The largest absolute Gasteiger partial charge is 0.354 e. The normalized spacial score (nSPS) is 26.3. The molecule has 2 aliphatic carbocycles. The molecule has 1 atom stereocenters. The molecular formula is C20H27FN2O2. The van der Waals surface area contributed by atoms with Crippen molar-refractivity contribution in [2.24, 2.45) is 17.6 Å². The van der Waals surface area contributed by atoms with Crippen molar-refractivity contribution in [1.82, 2.24) is 5.32 Å². The molecule has 0 aromatic heterocycles. The number of rotatable bonds is 6. The van der Waals surface area contributed by atoms with Gasteiger partial charge in [0, 0.05) is 17.9 Å². The zero-order valence-corrected chi connectivity index (χ0v) is 14.5.